The van der Waals surface area contributed by atoms with Crippen molar-refractivity contribution in [1.82, 2.24) is 24.2 Å². The second-order valence-electron chi connectivity index (χ2n) is 5.41. The number of carbonyl (C=O) groups excluding carboxylic acids is 1. The summed E-state index contributed by atoms with van der Waals surface area (Å²) in [6.45, 7) is 2.56. The van der Waals surface area contributed by atoms with Gasteiger partial charge in [-0.2, -0.15) is 5.10 Å². The fraction of sp³-hybridized carbons (Fsp3) is 0.467. The first-order chi connectivity index (χ1) is 10.6. The molecule has 22 heavy (non-hydrogen) atoms. The first kappa shape index (κ1) is 14.5. The maximum absolute atomic E-state index is 12.5. The Hall–Kier alpha value is -2.44. The minimum atomic E-state index is -0.233. The van der Waals surface area contributed by atoms with Crippen molar-refractivity contribution in [1.29, 1.82) is 0 Å². The Balaban J connectivity index is 1.87. The predicted octanol–water partition coefficient (Wildman–Crippen LogP) is 1.05. The molecule has 0 atom stereocenters. The largest absolute Gasteiger partial charge is 0.315 e. The summed E-state index contributed by atoms with van der Waals surface area (Å²) < 4.78 is 2.90. The van der Waals surface area contributed by atoms with Gasteiger partial charge >= 0.3 is 0 Å². The van der Waals surface area contributed by atoms with Crippen molar-refractivity contribution in [3.05, 3.63) is 34.7 Å². The zero-order valence-corrected chi connectivity index (χ0v) is 12.8. The molecule has 0 fully saturated rings. The highest BCUT2D eigenvalue weighted by Crippen LogP contribution is 2.21. The van der Waals surface area contributed by atoms with Crippen LogP contribution in [0.4, 0.5) is 0 Å². The molecule has 0 saturated heterocycles. The number of allylic oxidation sites excluding steroid dienone is 2. The topological polar surface area (TPSA) is 73.0 Å². The minimum absolute atomic E-state index is 0.00183. The van der Waals surface area contributed by atoms with Crippen LogP contribution in [0.15, 0.2) is 29.1 Å². The van der Waals surface area contributed by atoms with Crippen LogP contribution in [0.25, 0.3) is 11.0 Å². The van der Waals surface area contributed by atoms with Gasteiger partial charge in [0.2, 0.25) is 5.91 Å². The van der Waals surface area contributed by atoms with Gasteiger partial charge in [0.25, 0.3) is 5.56 Å². The van der Waals surface area contributed by atoms with Crippen LogP contribution in [0, 0.1) is 0 Å². The van der Waals surface area contributed by atoms with E-state index in [9.17, 15) is 9.59 Å². The lowest BCUT2D eigenvalue weighted by molar-refractivity contribution is -0.129. The number of hydrogen-bond acceptors (Lipinski definition) is 4. The van der Waals surface area contributed by atoms with Gasteiger partial charge in [-0.1, -0.05) is 6.08 Å². The number of amides is 1. The van der Waals surface area contributed by atoms with Crippen LogP contribution in [-0.4, -0.2) is 36.7 Å². The molecule has 0 spiro atoms. The quantitative estimate of drug-likeness (QED) is 0.846. The van der Waals surface area contributed by atoms with Gasteiger partial charge in [0, 0.05) is 19.3 Å². The normalized spacial score (nSPS) is 14.4. The van der Waals surface area contributed by atoms with Crippen molar-refractivity contribution in [2.45, 2.75) is 32.7 Å². The average Bonchev–Trinajstić information content (AvgIpc) is 3.14. The van der Waals surface area contributed by atoms with Crippen LogP contribution in [0.2, 0.25) is 0 Å². The molecular formula is C15H19N5O2. The van der Waals surface area contributed by atoms with E-state index >= 15 is 0 Å². The maximum Gasteiger partial charge on any atom is 0.264 e. The molecule has 0 unspecified atom stereocenters. The summed E-state index contributed by atoms with van der Waals surface area (Å²) in [5.74, 6) is -0.0807. The molecule has 1 aliphatic carbocycles. The first-order valence-electron chi connectivity index (χ1n) is 7.48. The molecule has 0 radical (unpaired) electrons. The van der Waals surface area contributed by atoms with Crippen LogP contribution in [0.5, 0.6) is 0 Å². The minimum Gasteiger partial charge on any atom is -0.315 e. The molecular weight excluding hydrogens is 282 g/mol. The van der Waals surface area contributed by atoms with Gasteiger partial charge in [-0.25, -0.2) is 4.98 Å². The Morgan fingerprint density at radius 3 is 2.95 bits per heavy atom. The van der Waals surface area contributed by atoms with E-state index in [1.165, 1.54) is 17.1 Å². The van der Waals surface area contributed by atoms with Gasteiger partial charge in [0.15, 0.2) is 5.65 Å². The van der Waals surface area contributed by atoms with Crippen LogP contribution in [0.1, 0.15) is 26.2 Å². The number of fused-ring (bicyclic) bond motifs is 1. The van der Waals surface area contributed by atoms with Gasteiger partial charge in [-0.3, -0.25) is 18.8 Å². The van der Waals surface area contributed by atoms with E-state index in [1.807, 2.05) is 6.92 Å². The average molecular weight is 301 g/mol. The summed E-state index contributed by atoms with van der Waals surface area (Å²) in [4.78, 5) is 30.9. The molecule has 2 heterocycles. The van der Waals surface area contributed by atoms with E-state index < -0.39 is 0 Å². The number of carbonyl (C=O) groups is 1. The van der Waals surface area contributed by atoms with E-state index in [0.29, 0.717) is 17.6 Å². The highest BCUT2D eigenvalue weighted by Gasteiger charge is 2.20. The number of aromatic nitrogens is 4. The van der Waals surface area contributed by atoms with Crippen LogP contribution in [0.3, 0.4) is 0 Å². The van der Waals surface area contributed by atoms with Crippen LogP contribution < -0.4 is 5.56 Å². The molecule has 2 aromatic heterocycles. The van der Waals surface area contributed by atoms with E-state index in [-0.39, 0.29) is 18.0 Å². The Morgan fingerprint density at radius 1 is 1.45 bits per heavy atom. The molecule has 1 aliphatic rings. The molecule has 1 amide bonds. The van der Waals surface area contributed by atoms with E-state index in [2.05, 4.69) is 16.2 Å². The predicted molar refractivity (Wildman–Crippen MR) is 82.1 cm³/mol. The molecule has 0 aliphatic heterocycles. The summed E-state index contributed by atoms with van der Waals surface area (Å²) in [5, 5.41) is 4.46. The second kappa shape index (κ2) is 5.75. The van der Waals surface area contributed by atoms with Crippen LogP contribution >= 0.6 is 0 Å². The SMILES string of the molecule is CCN(C(=O)Cn1cnc2c(cnn2C)c1=O)C1=CCCC1. The number of nitrogens with zero attached hydrogens (tertiary/aromatic N) is 5. The van der Waals surface area contributed by atoms with Gasteiger partial charge in [-0.15, -0.1) is 0 Å². The zero-order chi connectivity index (χ0) is 15.7. The maximum atomic E-state index is 12.5. The second-order valence-corrected chi connectivity index (χ2v) is 5.41. The number of aryl methyl sites for hydroxylation is 1. The van der Waals surface area contributed by atoms with E-state index in [4.69, 9.17) is 0 Å². The lowest BCUT2D eigenvalue weighted by Gasteiger charge is -2.22. The molecule has 116 valence electrons. The van der Waals surface area contributed by atoms with Gasteiger partial charge in [0.1, 0.15) is 18.3 Å². The lowest BCUT2D eigenvalue weighted by atomic mass is 10.3. The third-order valence-electron chi connectivity index (χ3n) is 4.00. The Morgan fingerprint density at radius 2 is 2.27 bits per heavy atom. The standard InChI is InChI=1S/C15H19N5O2/c1-3-20(11-6-4-5-7-11)13(21)9-19-10-16-14-12(15(19)22)8-17-18(14)2/h6,8,10H,3-5,7,9H2,1-2H3. The smallest absolute Gasteiger partial charge is 0.264 e. The van der Waals surface area contributed by atoms with Crippen LogP contribution in [-0.2, 0) is 18.4 Å². The summed E-state index contributed by atoms with van der Waals surface area (Å²) in [6, 6.07) is 0. The van der Waals surface area contributed by atoms with Gasteiger partial charge in [0.05, 0.1) is 6.20 Å². The summed E-state index contributed by atoms with van der Waals surface area (Å²) in [7, 11) is 1.73. The number of hydrogen-bond donors (Lipinski definition) is 0. The third kappa shape index (κ3) is 2.43. The van der Waals surface area contributed by atoms with E-state index in [1.54, 1.807) is 16.6 Å². The molecule has 3 rings (SSSR count). The van der Waals surface area contributed by atoms with Crippen molar-refractivity contribution >= 4 is 16.9 Å². The highest BCUT2D eigenvalue weighted by molar-refractivity contribution is 5.79. The fourth-order valence-electron chi connectivity index (χ4n) is 2.85. The van der Waals surface area contributed by atoms with Crippen molar-refractivity contribution in [3.8, 4) is 0 Å². The molecule has 0 aromatic carbocycles. The zero-order valence-electron chi connectivity index (χ0n) is 12.8. The summed E-state index contributed by atoms with van der Waals surface area (Å²) in [6.07, 6.45) is 8.04. The summed E-state index contributed by atoms with van der Waals surface area (Å²) >= 11 is 0. The Kier molecular flexibility index (Phi) is 3.79. The monoisotopic (exact) mass is 301 g/mol. The molecule has 7 heteroatoms. The van der Waals surface area contributed by atoms with Gasteiger partial charge in [-0.05, 0) is 26.2 Å². The van der Waals surface area contributed by atoms with E-state index in [0.717, 1.165) is 25.0 Å². The van der Waals surface area contributed by atoms with Crippen molar-refractivity contribution in [2.75, 3.05) is 6.54 Å². The van der Waals surface area contributed by atoms with Crippen molar-refractivity contribution < 1.29 is 4.79 Å². The fourth-order valence-corrected chi connectivity index (χ4v) is 2.85. The Bertz CT molecular complexity index is 802. The third-order valence-corrected chi connectivity index (χ3v) is 4.00. The Labute approximate surface area is 127 Å². The molecule has 2 aromatic rings. The molecule has 0 bridgehead atoms. The molecule has 0 N–H and O–H groups in total. The van der Waals surface area contributed by atoms with Gasteiger partial charge < -0.3 is 4.90 Å². The number of rotatable bonds is 4. The summed E-state index contributed by atoms with van der Waals surface area (Å²) in [5.41, 5.74) is 1.36. The first-order valence-corrected chi connectivity index (χ1v) is 7.48. The number of likely N-dealkylation sites (N-methyl/N-ethyl adjacent to an activating group) is 1. The lowest BCUT2D eigenvalue weighted by Crippen LogP contribution is -2.35. The van der Waals surface area contributed by atoms with Crippen molar-refractivity contribution in [2.24, 2.45) is 7.05 Å². The molecule has 0 saturated carbocycles. The molecule has 7 nitrogen and oxygen atoms in total. The highest BCUT2D eigenvalue weighted by atomic mass is 16.2. The van der Waals surface area contributed by atoms with Crippen molar-refractivity contribution in [3.63, 3.8) is 0 Å².